The molecule has 3 N–H and O–H groups in total. The van der Waals surface area contributed by atoms with E-state index in [0.717, 1.165) is 22.9 Å². The van der Waals surface area contributed by atoms with Crippen LogP contribution in [0.15, 0.2) is 54.7 Å². The molecule has 0 fully saturated rings. The van der Waals surface area contributed by atoms with E-state index in [1.54, 1.807) is 13.0 Å². The van der Waals surface area contributed by atoms with Gasteiger partial charge >= 0.3 is 5.97 Å². The van der Waals surface area contributed by atoms with Gasteiger partial charge in [-0.05, 0) is 48.6 Å². The number of halogens is 1. The van der Waals surface area contributed by atoms with Gasteiger partial charge in [-0.15, -0.1) is 5.10 Å². The van der Waals surface area contributed by atoms with Crippen LogP contribution in [0.3, 0.4) is 0 Å². The van der Waals surface area contributed by atoms with Crippen LogP contribution in [0.4, 0.5) is 4.39 Å². The molecule has 36 heavy (non-hydrogen) atoms. The number of aromatic nitrogens is 3. The second-order valence-electron chi connectivity index (χ2n) is 8.26. The summed E-state index contributed by atoms with van der Waals surface area (Å²) in [6, 6.07) is 13.2. The highest BCUT2D eigenvalue weighted by molar-refractivity contribution is 7.85. The summed E-state index contributed by atoms with van der Waals surface area (Å²) in [5.41, 5.74) is 2.76. The van der Waals surface area contributed by atoms with Crippen LogP contribution >= 0.6 is 0 Å². The third kappa shape index (κ3) is 8.48. The van der Waals surface area contributed by atoms with Crippen molar-refractivity contribution >= 4 is 16.1 Å². The maximum absolute atomic E-state index is 13.6. The average molecular weight is 521 g/mol. The van der Waals surface area contributed by atoms with Crippen molar-refractivity contribution in [3.63, 3.8) is 0 Å². The van der Waals surface area contributed by atoms with Gasteiger partial charge in [-0.2, -0.15) is 8.42 Å². The molecule has 10 nitrogen and oxygen atoms in total. The number of hydrogen-bond acceptors (Lipinski definition) is 9. The number of rotatable bonds is 13. The number of aromatic amines is 1. The Morgan fingerprint density at radius 3 is 2.56 bits per heavy atom. The van der Waals surface area contributed by atoms with Crippen LogP contribution < -0.4 is 5.32 Å². The molecule has 0 aliphatic rings. The standard InChI is InChI=1S/C24H29FN4O6S/c1-3-34-24(31)19(15-35-36(2,32)33)13-21(27-23(30)22-14-26-29-28-22)11-16-7-9-17(10-8-16)18-5-4-6-20(25)12-18/h4-10,12,14,19,21,23,27,30H,3,11,13,15H2,1-2H3,(H,26,28,29)/t19-,21-,23?/m1/s1. The van der Waals surface area contributed by atoms with Crippen LogP contribution in [0.2, 0.25) is 0 Å². The predicted octanol–water partition coefficient (Wildman–Crippen LogP) is 2.35. The van der Waals surface area contributed by atoms with Crippen LogP contribution in [-0.2, 0) is 30.3 Å². The minimum absolute atomic E-state index is 0.110. The molecule has 0 spiro atoms. The second kappa shape index (κ2) is 12.7. The maximum atomic E-state index is 13.6. The average Bonchev–Trinajstić information content (AvgIpc) is 3.37. The zero-order valence-corrected chi connectivity index (χ0v) is 20.7. The highest BCUT2D eigenvalue weighted by Gasteiger charge is 2.28. The van der Waals surface area contributed by atoms with E-state index in [4.69, 9.17) is 8.92 Å². The molecule has 2 aromatic carbocycles. The molecule has 1 aromatic heterocycles. The van der Waals surface area contributed by atoms with Gasteiger partial charge in [0.2, 0.25) is 0 Å². The molecule has 12 heteroatoms. The van der Waals surface area contributed by atoms with Crippen LogP contribution in [0, 0.1) is 11.7 Å². The Hall–Kier alpha value is -3.19. The van der Waals surface area contributed by atoms with Crippen molar-refractivity contribution < 1.29 is 31.6 Å². The van der Waals surface area contributed by atoms with E-state index in [0.29, 0.717) is 12.1 Å². The summed E-state index contributed by atoms with van der Waals surface area (Å²) in [4.78, 5) is 12.5. The normalized spacial score (nSPS) is 14.2. The third-order valence-corrected chi connectivity index (χ3v) is 5.95. The van der Waals surface area contributed by atoms with Crippen molar-refractivity contribution in [3.8, 4) is 11.1 Å². The minimum atomic E-state index is -3.78. The lowest BCUT2D eigenvalue weighted by atomic mass is 9.94. The molecule has 0 aliphatic heterocycles. The highest BCUT2D eigenvalue weighted by atomic mass is 32.2. The number of ether oxygens (including phenoxy) is 1. The molecule has 0 bridgehead atoms. The Morgan fingerprint density at radius 2 is 1.94 bits per heavy atom. The van der Waals surface area contributed by atoms with E-state index in [1.165, 1.54) is 18.3 Å². The van der Waals surface area contributed by atoms with Crippen molar-refractivity contribution in [1.82, 2.24) is 20.7 Å². The Labute approximate surface area is 209 Å². The third-order valence-electron chi connectivity index (χ3n) is 5.39. The molecular formula is C24H29FN4O6S. The number of esters is 1. The number of aliphatic hydroxyl groups is 1. The van der Waals surface area contributed by atoms with Gasteiger partial charge in [0.25, 0.3) is 10.1 Å². The lowest BCUT2D eigenvalue weighted by Crippen LogP contribution is -2.39. The van der Waals surface area contributed by atoms with Crippen molar-refractivity contribution in [2.24, 2.45) is 5.92 Å². The summed E-state index contributed by atoms with van der Waals surface area (Å²) in [7, 11) is -3.78. The number of nitrogens with zero attached hydrogens (tertiary/aromatic N) is 2. The number of nitrogens with one attached hydrogen (secondary N) is 2. The second-order valence-corrected chi connectivity index (χ2v) is 9.91. The molecule has 0 amide bonds. The zero-order chi connectivity index (χ0) is 26.1. The molecule has 194 valence electrons. The number of aliphatic hydroxyl groups excluding tert-OH is 1. The van der Waals surface area contributed by atoms with Crippen LogP contribution in [0.5, 0.6) is 0 Å². The predicted molar refractivity (Wildman–Crippen MR) is 129 cm³/mol. The van der Waals surface area contributed by atoms with E-state index in [9.17, 15) is 22.7 Å². The van der Waals surface area contributed by atoms with Gasteiger partial charge in [-0.1, -0.05) is 41.6 Å². The van der Waals surface area contributed by atoms with Crippen molar-refractivity contribution in [1.29, 1.82) is 0 Å². The van der Waals surface area contributed by atoms with Gasteiger partial charge in [0.15, 0.2) is 0 Å². The fourth-order valence-corrected chi connectivity index (χ4v) is 4.10. The first-order valence-corrected chi connectivity index (χ1v) is 13.1. The lowest BCUT2D eigenvalue weighted by Gasteiger charge is -2.25. The summed E-state index contributed by atoms with van der Waals surface area (Å²) in [6.45, 7) is 1.38. The van der Waals surface area contributed by atoms with Gasteiger partial charge in [-0.25, -0.2) is 4.39 Å². The monoisotopic (exact) mass is 520 g/mol. The van der Waals surface area contributed by atoms with E-state index in [2.05, 4.69) is 20.7 Å². The summed E-state index contributed by atoms with van der Waals surface area (Å²) in [6.07, 6.45) is 1.57. The molecule has 3 aromatic rings. The van der Waals surface area contributed by atoms with Gasteiger partial charge < -0.3 is 9.84 Å². The molecule has 3 atom stereocenters. The zero-order valence-electron chi connectivity index (χ0n) is 19.9. The van der Waals surface area contributed by atoms with Crippen LogP contribution in [0.25, 0.3) is 11.1 Å². The smallest absolute Gasteiger partial charge is 0.311 e. The van der Waals surface area contributed by atoms with Gasteiger partial charge in [0.1, 0.15) is 12.0 Å². The fraction of sp³-hybridized carbons (Fsp3) is 0.375. The lowest BCUT2D eigenvalue weighted by molar-refractivity contribution is -0.149. The van der Waals surface area contributed by atoms with E-state index in [1.807, 2.05) is 30.3 Å². The highest BCUT2D eigenvalue weighted by Crippen LogP contribution is 2.23. The number of carbonyl (C=O) groups excluding carboxylic acids is 1. The van der Waals surface area contributed by atoms with E-state index in [-0.39, 0.29) is 18.8 Å². The number of carbonyl (C=O) groups is 1. The topological polar surface area (TPSA) is 144 Å². The molecule has 1 heterocycles. The molecule has 0 radical (unpaired) electrons. The Morgan fingerprint density at radius 1 is 1.19 bits per heavy atom. The van der Waals surface area contributed by atoms with Crippen molar-refractivity contribution in [2.45, 2.75) is 32.0 Å². The molecule has 0 saturated carbocycles. The van der Waals surface area contributed by atoms with Gasteiger partial charge in [0, 0.05) is 6.04 Å². The SMILES string of the molecule is CCOC(=O)[C@@H](COS(C)(=O)=O)C[C@@H](Cc1ccc(-c2cccc(F)c2)cc1)NC(O)c1cnn[nH]1. The van der Waals surface area contributed by atoms with Crippen molar-refractivity contribution in [2.75, 3.05) is 19.5 Å². The summed E-state index contributed by atoms with van der Waals surface area (Å²) in [5, 5.41) is 23.4. The number of benzene rings is 2. The first-order chi connectivity index (χ1) is 17.1. The molecule has 1 unspecified atom stereocenters. The minimum Gasteiger partial charge on any atom is -0.466 e. The Kier molecular flexibility index (Phi) is 9.65. The van der Waals surface area contributed by atoms with Gasteiger partial charge in [0.05, 0.1) is 37.3 Å². The first-order valence-electron chi connectivity index (χ1n) is 11.3. The Balaban J connectivity index is 1.80. The first kappa shape index (κ1) is 27.4. The molecular weight excluding hydrogens is 491 g/mol. The van der Waals surface area contributed by atoms with Crippen LogP contribution in [-0.4, -0.2) is 60.4 Å². The summed E-state index contributed by atoms with van der Waals surface area (Å²) >= 11 is 0. The fourth-order valence-electron chi connectivity index (χ4n) is 3.69. The van der Waals surface area contributed by atoms with Crippen molar-refractivity contribution in [3.05, 3.63) is 71.8 Å². The quantitative estimate of drug-likeness (QED) is 0.176. The number of hydrogen-bond donors (Lipinski definition) is 3. The largest absolute Gasteiger partial charge is 0.466 e. The van der Waals surface area contributed by atoms with E-state index >= 15 is 0 Å². The maximum Gasteiger partial charge on any atom is 0.311 e. The van der Waals surface area contributed by atoms with Crippen LogP contribution in [0.1, 0.15) is 30.8 Å². The number of H-pyrrole nitrogens is 1. The summed E-state index contributed by atoms with van der Waals surface area (Å²) < 4.78 is 46.6. The molecule has 3 rings (SSSR count). The molecule has 0 aliphatic carbocycles. The molecule has 0 saturated heterocycles. The Bertz CT molecular complexity index is 1220. The van der Waals surface area contributed by atoms with E-state index < -0.39 is 40.9 Å². The summed E-state index contributed by atoms with van der Waals surface area (Å²) in [5.74, 6) is -1.84. The van der Waals surface area contributed by atoms with Gasteiger partial charge in [-0.3, -0.25) is 19.4 Å².